The normalized spacial score (nSPS) is 20.3. The molecule has 2 unspecified atom stereocenters. The predicted molar refractivity (Wildman–Crippen MR) is 182 cm³/mol. The third-order valence-electron chi connectivity index (χ3n) is 9.76. The van der Waals surface area contributed by atoms with E-state index in [4.69, 9.17) is 0 Å². The number of hydrogen-bond donors (Lipinski definition) is 4. The molecule has 5 atom stereocenters. The van der Waals surface area contributed by atoms with Crippen LogP contribution < -0.4 is 21.3 Å². The fourth-order valence-corrected chi connectivity index (χ4v) is 6.80. The van der Waals surface area contributed by atoms with Crippen molar-refractivity contribution in [2.75, 3.05) is 26.7 Å². The van der Waals surface area contributed by atoms with Crippen LogP contribution in [0, 0.1) is 23.2 Å². The molecule has 2 fully saturated rings. The number of nitrogens with one attached hydrogen (secondary N) is 4. The first-order valence-electron chi connectivity index (χ1n) is 17.7. The number of Topliss-reactive ketones (excluding diaryl/α,β-unsaturated/α-hetero) is 1. The Morgan fingerprint density at radius 2 is 1.58 bits per heavy atom. The number of nitrogens with zero attached hydrogens (tertiary/aromatic N) is 2. The Kier molecular flexibility index (Phi) is 15.8. The maximum atomic E-state index is 14.5. The number of likely N-dealkylation sites (tertiary alicyclic amines) is 1. The minimum atomic E-state index is -5.08. The van der Waals surface area contributed by atoms with Gasteiger partial charge in [0, 0.05) is 26.7 Å². The molecule has 50 heavy (non-hydrogen) atoms. The summed E-state index contributed by atoms with van der Waals surface area (Å²) in [4.78, 5) is 81.3. The highest BCUT2D eigenvalue weighted by atomic mass is 19.4. The zero-order valence-corrected chi connectivity index (χ0v) is 30.6. The number of ketones is 1. The molecule has 284 valence electrons. The van der Waals surface area contributed by atoms with E-state index in [9.17, 15) is 41.9 Å². The first kappa shape index (κ1) is 42.5. The van der Waals surface area contributed by atoms with E-state index in [0.29, 0.717) is 30.6 Å². The SMILES string of the molecule is C=CCNC(=O)C(=O)C(CCC)NC(=O)[C@@H]1C(C(C)C)CCN1C(=O)[C@@H](NC(=O)N[C@H](CN(C)C(=O)C(F)(F)F)C(C)(C)C)C1CCCCC1. The highest BCUT2D eigenvalue weighted by Crippen LogP contribution is 2.34. The van der Waals surface area contributed by atoms with Crippen molar-refractivity contribution < 1.29 is 41.9 Å². The van der Waals surface area contributed by atoms with Crippen LogP contribution in [0.3, 0.4) is 0 Å². The first-order valence-corrected chi connectivity index (χ1v) is 17.7. The number of likely N-dealkylation sites (N-methyl/N-ethyl adjacent to an activating group) is 1. The molecule has 1 heterocycles. The Labute approximate surface area is 294 Å². The monoisotopic (exact) mass is 714 g/mol. The molecule has 0 aromatic carbocycles. The molecule has 6 amide bonds. The van der Waals surface area contributed by atoms with Gasteiger partial charge in [0.25, 0.3) is 5.91 Å². The van der Waals surface area contributed by atoms with Gasteiger partial charge in [0.1, 0.15) is 12.1 Å². The van der Waals surface area contributed by atoms with Crippen molar-refractivity contribution in [2.24, 2.45) is 23.2 Å². The lowest BCUT2D eigenvalue weighted by Gasteiger charge is -2.38. The maximum Gasteiger partial charge on any atom is 0.471 e. The fraction of sp³-hybridized carbons (Fsp3) is 0.771. The predicted octanol–water partition coefficient (Wildman–Crippen LogP) is 3.70. The summed E-state index contributed by atoms with van der Waals surface area (Å²) in [6.07, 6.45) is 1.50. The number of amides is 6. The van der Waals surface area contributed by atoms with Crippen LogP contribution in [0.1, 0.15) is 92.9 Å². The van der Waals surface area contributed by atoms with Crippen LogP contribution in [-0.2, 0) is 24.0 Å². The first-order chi connectivity index (χ1) is 23.2. The van der Waals surface area contributed by atoms with Gasteiger partial charge in [-0.2, -0.15) is 13.2 Å². The smallest absolute Gasteiger partial charge is 0.346 e. The minimum absolute atomic E-state index is 0.0203. The molecule has 0 bridgehead atoms. The van der Waals surface area contributed by atoms with Crippen molar-refractivity contribution in [3.8, 4) is 0 Å². The van der Waals surface area contributed by atoms with E-state index in [2.05, 4.69) is 27.8 Å². The van der Waals surface area contributed by atoms with Gasteiger partial charge < -0.3 is 31.1 Å². The number of urea groups is 1. The summed E-state index contributed by atoms with van der Waals surface area (Å²) in [6.45, 7) is 14.3. The van der Waals surface area contributed by atoms with E-state index >= 15 is 0 Å². The van der Waals surface area contributed by atoms with Crippen LogP contribution in [0.4, 0.5) is 18.0 Å². The third-order valence-corrected chi connectivity index (χ3v) is 9.76. The van der Waals surface area contributed by atoms with Crippen LogP contribution in [0.25, 0.3) is 0 Å². The average Bonchev–Trinajstić information content (AvgIpc) is 3.50. The van der Waals surface area contributed by atoms with Gasteiger partial charge in [0.2, 0.25) is 17.6 Å². The molecular weight excluding hydrogens is 657 g/mol. The Balaban J connectivity index is 2.38. The molecule has 4 N–H and O–H groups in total. The second-order valence-electron chi connectivity index (χ2n) is 15.0. The summed E-state index contributed by atoms with van der Waals surface area (Å²) in [5, 5.41) is 10.7. The summed E-state index contributed by atoms with van der Waals surface area (Å²) in [6, 6.07) is -4.79. The van der Waals surface area contributed by atoms with Gasteiger partial charge in [-0.15, -0.1) is 6.58 Å². The van der Waals surface area contributed by atoms with E-state index in [1.165, 1.54) is 11.0 Å². The summed E-state index contributed by atoms with van der Waals surface area (Å²) in [5.41, 5.74) is -0.764. The second-order valence-corrected chi connectivity index (χ2v) is 15.0. The number of carbonyl (C=O) groups excluding carboxylic acids is 6. The van der Waals surface area contributed by atoms with Crippen LogP contribution >= 0.6 is 0 Å². The van der Waals surface area contributed by atoms with Crippen molar-refractivity contribution in [3.05, 3.63) is 12.7 Å². The number of hydrogen-bond acceptors (Lipinski definition) is 6. The molecule has 0 radical (unpaired) electrons. The van der Waals surface area contributed by atoms with Gasteiger partial charge in [-0.1, -0.05) is 73.3 Å². The van der Waals surface area contributed by atoms with Gasteiger partial charge in [-0.3, -0.25) is 24.0 Å². The Hall–Kier alpha value is -3.65. The van der Waals surface area contributed by atoms with E-state index in [1.807, 2.05) is 20.8 Å². The lowest BCUT2D eigenvalue weighted by Crippen LogP contribution is -2.61. The van der Waals surface area contributed by atoms with Gasteiger partial charge in [-0.25, -0.2) is 4.79 Å². The van der Waals surface area contributed by atoms with Crippen LogP contribution in [0.15, 0.2) is 12.7 Å². The zero-order valence-electron chi connectivity index (χ0n) is 30.6. The van der Waals surface area contributed by atoms with Gasteiger partial charge in [0.05, 0.1) is 12.1 Å². The molecule has 1 aliphatic heterocycles. The molecule has 0 spiro atoms. The van der Waals surface area contributed by atoms with Gasteiger partial charge in [-0.05, 0) is 48.9 Å². The van der Waals surface area contributed by atoms with Crippen molar-refractivity contribution in [1.82, 2.24) is 31.1 Å². The Bertz CT molecular complexity index is 1230. The molecule has 1 aliphatic carbocycles. The summed E-state index contributed by atoms with van der Waals surface area (Å²) in [7, 11) is 1.01. The lowest BCUT2D eigenvalue weighted by atomic mass is 9.82. The zero-order chi connectivity index (χ0) is 38.0. The molecule has 2 aliphatic rings. The van der Waals surface area contributed by atoms with E-state index in [0.717, 1.165) is 26.3 Å². The molecule has 1 saturated carbocycles. The largest absolute Gasteiger partial charge is 0.471 e. The van der Waals surface area contributed by atoms with Crippen molar-refractivity contribution in [2.45, 2.75) is 123 Å². The Morgan fingerprint density at radius 3 is 2.10 bits per heavy atom. The van der Waals surface area contributed by atoms with E-state index in [-0.39, 0.29) is 37.3 Å². The molecule has 0 aromatic heterocycles. The van der Waals surface area contributed by atoms with Crippen LogP contribution in [-0.4, -0.2) is 102 Å². The highest BCUT2D eigenvalue weighted by Gasteiger charge is 2.47. The quantitative estimate of drug-likeness (QED) is 0.150. The molecule has 0 aromatic rings. The molecule has 2 rings (SSSR count). The molecule has 15 heteroatoms. The fourth-order valence-electron chi connectivity index (χ4n) is 6.80. The minimum Gasteiger partial charge on any atom is -0.346 e. The lowest BCUT2D eigenvalue weighted by molar-refractivity contribution is -0.184. The number of rotatable bonds is 15. The van der Waals surface area contributed by atoms with Crippen LogP contribution in [0.5, 0.6) is 0 Å². The second kappa shape index (κ2) is 18.5. The number of halogens is 3. The maximum absolute atomic E-state index is 14.5. The summed E-state index contributed by atoms with van der Waals surface area (Å²) >= 11 is 0. The van der Waals surface area contributed by atoms with Gasteiger partial charge >= 0.3 is 18.1 Å². The topological polar surface area (TPSA) is 157 Å². The highest BCUT2D eigenvalue weighted by molar-refractivity contribution is 6.38. The standard InChI is InChI=1S/C35H57F3N6O6/c1-9-14-24(28(45)30(47)39-18-10-2)40-29(46)27-23(21(3)4)17-19-44(27)31(48)26(22-15-12-11-13-16-22)42-33(50)41-25(34(5,6)7)20-43(8)32(49)35(36,37)38/h10,21-27H,2,9,11-20H2,1,3-8H3,(H,39,47)(H,40,46)(H2,41,42,50)/t23?,24?,25-,26+,27+/m1/s1. The van der Waals surface area contributed by atoms with Crippen LogP contribution in [0.2, 0.25) is 0 Å². The molecular formula is C35H57F3N6O6. The summed E-state index contributed by atoms with van der Waals surface area (Å²) < 4.78 is 39.4. The summed E-state index contributed by atoms with van der Waals surface area (Å²) in [5.74, 6) is -5.25. The third kappa shape index (κ3) is 11.7. The Morgan fingerprint density at radius 1 is 0.960 bits per heavy atom. The average molecular weight is 715 g/mol. The van der Waals surface area contributed by atoms with Crippen molar-refractivity contribution in [3.63, 3.8) is 0 Å². The van der Waals surface area contributed by atoms with Crippen molar-refractivity contribution in [1.29, 1.82) is 0 Å². The number of carbonyl (C=O) groups is 6. The van der Waals surface area contributed by atoms with E-state index in [1.54, 1.807) is 20.8 Å². The number of alkyl halides is 3. The molecule has 12 nitrogen and oxygen atoms in total. The molecule has 1 saturated heterocycles. The van der Waals surface area contributed by atoms with E-state index < -0.39 is 77.7 Å². The van der Waals surface area contributed by atoms with Crippen molar-refractivity contribution >= 4 is 35.4 Å². The van der Waals surface area contributed by atoms with Gasteiger partial charge in [0.15, 0.2) is 0 Å².